The minimum Gasteiger partial charge on any atom is -0.272 e. The molecule has 0 aliphatic heterocycles. The Bertz CT molecular complexity index is 395. The van der Waals surface area contributed by atoms with Crippen LogP contribution in [-0.2, 0) is 21.7 Å². The van der Waals surface area contributed by atoms with E-state index in [-0.39, 0.29) is 21.7 Å². The van der Waals surface area contributed by atoms with Gasteiger partial charge < -0.3 is 0 Å². The van der Waals surface area contributed by atoms with Crippen LogP contribution < -0.4 is 0 Å². The van der Waals surface area contributed by atoms with E-state index < -0.39 is 7.05 Å². The first-order chi connectivity index (χ1) is 8.14. The first kappa shape index (κ1) is 21.2. The Morgan fingerprint density at radius 3 is 2.11 bits per heavy atom. The topological polar surface area (TPSA) is 12.4 Å². The van der Waals surface area contributed by atoms with Crippen molar-refractivity contribution in [1.82, 2.24) is 0 Å². The normalized spacial score (nSPS) is 14.3. The largest absolute Gasteiger partial charge is 0.272 e. The van der Waals surface area contributed by atoms with Gasteiger partial charge in [0, 0.05) is 33.8 Å². The Hall–Kier alpha value is -0.0957. The van der Waals surface area contributed by atoms with Gasteiger partial charge in [0.05, 0.1) is 0 Å². The molecular weight excluding hydrogens is 285 g/mol. The third-order valence-electron chi connectivity index (χ3n) is 1.91. The molecule has 1 nitrogen and oxygen atoms in total. The second-order valence-corrected chi connectivity index (χ2v) is 10.4. The Kier molecular flexibility index (Phi) is 10.9. The average Bonchev–Trinajstić information content (AvgIpc) is 2.64. The van der Waals surface area contributed by atoms with E-state index in [4.69, 9.17) is 0 Å². The smallest absolute Gasteiger partial charge is 0.0424 e. The van der Waals surface area contributed by atoms with Gasteiger partial charge in [-0.3, -0.25) is 4.74 Å². The van der Waals surface area contributed by atoms with Crippen molar-refractivity contribution in [1.29, 1.82) is 0 Å². The zero-order chi connectivity index (χ0) is 14.2. The summed E-state index contributed by atoms with van der Waals surface area (Å²) in [4.78, 5) is 0. The molecule has 0 aromatic carbocycles. The molecule has 0 unspecified atom stereocenters. The first-order valence-corrected chi connectivity index (χ1v) is 9.43. The molecule has 0 fully saturated rings. The van der Waals surface area contributed by atoms with Crippen LogP contribution in [0.3, 0.4) is 0 Å². The van der Waals surface area contributed by atoms with Gasteiger partial charge in [0.2, 0.25) is 0 Å². The number of hydrogen-bond acceptors (Lipinski definition) is 1. The van der Waals surface area contributed by atoms with E-state index >= 15 is 0 Å². The summed E-state index contributed by atoms with van der Waals surface area (Å²) in [5.41, 5.74) is 1.55. The minimum absolute atomic E-state index is 0. The molecule has 19 heavy (non-hydrogen) atoms. The summed E-state index contributed by atoms with van der Waals surface area (Å²) < 4.78 is 4.62. The Morgan fingerprint density at radius 2 is 1.84 bits per heavy atom. The summed E-state index contributed by atoms with van der Waals surface area (Å²) in [5.74, 6) is 0. The SMILES string of the molecule is C=CC=CC(C)(C)C.CP(C)(C)=NC1=CC=CC1.[Ti]. The summed E-state index contributed by atoms with van der Waals surface area (Å²) in [7, 11) is -0.948. The maximum Gasteiger partial charge on any atom is 0.0424 e. The molecule has 0 radical (unpaired) electrons. The third kappa shape index (κ3) is 15.8. The second-order valence-electron chi connectivity index (χ2n) is 6.29. The molecule has 0 atom stereocenters. The van der Waals surface area contributed by atoms with Crippen molar-refractivity contribution in [2.45, 2.75) is 27.2 Å². The third-order valence-corrected chi connectivity index (χ3v) is 2.77. The Labute approximate surface area is 134 Å². The van der Waals surface area contributed by atoms with E-state index in [2.05, 4.69) is 76.4 Å². The van der Waals surface area contributed by atoms with Gasteiger partial charge in [-0.05, 0) is 38.5 Å². The zero-order valence-electron chi connectivity index (χ0n) is 13.3. The number of nitrogens with zero attached hydrogens (tertiary/aromatic N) is 1. The molecule has 106 valence electrons. The maximum absolute atomic E-state index is 4.62. The van der Waals surface area contributed by atoms with Crippen LogP contribution in [0.25, 0.3) is 0 Å². The Morgan fingerprint density at radius 1 is 1.26 bits per heavy atom. The molecule has 0 aromatic rings. The summed E-state index contributed by atoms with van der Waals surface area (Å²) >= 11 is 0. The molecule has 0 saturated heterocycles. The van der Waals surface area contributed by atoms with Crippen LogP contribution >= 0.6 is 7.05 Å². The van der Waals surface area contributed by atoms with Crippen LogP contribution in [0.1, 0.15) is 27.2 Å². The van der Waals surface area contributed by atoms with E-state index in [1.165, 1.54) is 5.70 Å². The first-order valence-electron chi connectivity index (χ1n) is 6.35. The number of allylic oxidation sites excluding steroid dienone is 6. The molecule has 0 spiro atoms. The number of hydrogen-bond donors (Lipinski definition) is 0. The van der Waals surface area contributed by atoms with Crippen molar-refractivity contribution in [2.75, 3.05) is 20.0 Å². The van der Waals surface area contributed by atoms with Crippen molar-refractivity contribution in [3.8, 4) is 0 Å². The monoisotopic (exact) mass is 313 g/mol. The van der Waals surface area contributed by atoms with Crippen molar-refractivity contribution in [3.63, 3.8) is 0 Å². The quantitative estimate of drug-likeness (QED) is 0.352. The summed E-state index contributed by atoms with van der Waals surface area (Å²) in [6.07, 6.45) is 13.3. The predicted molar refractivity (Wildman–Crippen MR) is 87.8 cm³/mol. The molecule has 1 aliphatic carbocycles. The molecule has 0 heterocycles. The van der Waals surface area contributed by atoms with Gasteiger partial charge in [0.25, 0.3) is 0 Å². The van der Waals surface area contributed by atoms with Crippen molar-refractivity contribution >= 4 is 7.05 Å². The summed E-state index contributed by atoms with van der Waals surface area (Å²) in [5, 5.41) is 0. The maximum atomic E-state index is 4.62. The average molecular weight is 313 g/mol. The van der Waals surface area contributed by atoms with Gasteiger partial charge in [0.15, 0.2) is 0 Å². The summed E-state index contributed by atoms with van der Waals surface area (Å²) in [6, 6.07) is 0. The molecule has 0 amide bonds. The van der Waals surface area contributed by atoms with Crippen LogP contribution in [0.5, 0.6) is 0 Å². The van der Waals surface area contributed by atoms with E-state index in [0.717, 1.165) is 6.42 Å². The van der Waals surface area contributed by atoms with E-state index in [1.807, 2.05) is 6.08 Å². The van der Waals surface area contributed by atoms with Gasteiger partial charge in [-0.25, -0.2) is 0 Å². The van der Waals surface area contributed by atoms with Crippen molar-refractivity contribution in [3.05, 3.63) is 48.7 Å². The van der Waals surface area contributed by atoms with Crippen LogP contribution in [0, 0.1) is 5.41 Å². The van der Waals surface area contributed by atoms with Crippen molar-refractivity contribution in [2.24, 2.45) is 10.2 Å². The molecule has 0 bridgehead atoms. The number of rotatable bonds is 2. The van der Waals surface area contributed by atoms with Gasteiger partial charge in [-0.1, -0.05) is 57.7 Å². The van der Waals surface area contributed by atoms with Crippen LogP contribution in [-0.4, -0.2) is 20.0 Å². The second kappa shape index (κ2) is 9.75. The van der Waals surface area contributed by atoms with E-state index in [9.17, 15) is 0 Å². The fourth-order valence-electron chi connectivity index (χ4n) is 1.25. The van der Waals surface area contributed by atoms with E-state index in [1.54, 1.807) is 6.08 Å². The summed E-state index contributed by atoms with van der Waals surface area (Å²) in [6.45, 7) is 16.7. The fourth-order valence-corrected chi connectivity index (χ4v) is 2.17. The van der Waals surface area contributed by atoms with Crippen LogP contribution in [0.2, 0.25) is 0 Å². The van der Waals surface area contributed by atoms with Crippen LogP contribution in [0.15, 0.2) is 53.5 Å². The predicted octanol–water partition coefficient (Wildman–Crippen LogP) is 5.69. The minimum atomic E-state index is -0.948. The molecule has 1 aliphatic rings. The molecule has 0 aromatic heterocycles. The molecule has 3 heteroatoms. The Balaban J connectivity index is 0. The van der Waals surface area contributed by atoms with E-state index in [0.29, 0.717) is 5.41 Å². The van der Waals surface area contributed by atoms with Crippen molar-refractivity contribution < 1.29 is 21.7 Å². The van der Waals surface area contributed by atoms with Gasteiger partial charge >= 0.3 is 0 Å². The van der Waals surface area contributed by atoms with Gasteiger partial charge in [-0.15, -0.1) is 0 Å². The van der Waals surface area contributed by atoms with Gasteiger partial charge in [0.1, 0.15) is 0 Å². The van der Waals surface area contributed by atoms with Crippen LogP contribution in [0.4, 0.5) is 0 Å². The molecule has 1 rings (SSSR count). The fraction of sp³-hybridized carbons (Fsp3) is 0.500. The van der Waals surface area contributed by atoms with Gasteiger partial charge in [-0.2, -0.15) is 0 Å². The molecular formula is C16H28NPTi. The standard InChI is InChI=1S/C8H14NP.C8H14.Ti/c1-10(2,3)9-8-6-4-5-7-8;1-5-6-7-8(2,3)4;/h4-6H,7H2,1-3H3;5-7H,1H2,2-4H3;. The zero-order valence-corrected chi connectivity index (χ0v) is 15.7. The molecule has 0 N–H and O–H groups in total. The molecule has 0 saturated carbocycles.